The summed E-state index contributed by atoms with van der Waals surface area (Å²) in [5.74, 6) is 0. The Morgan fingerprint density at radius 2 is 2.00 bits per heavy atom. The number of nitriles is 1. The fourth-order valence-corrected chi connectivity index (χ4v) is 3.46. The molecule has 1 aromatic heterocycles. The SMILES string of the molecule is N#Cc1cc(Cl)ccc1N1CCCN(c2nccs2)CC1. The van der Waals surface area contributed by atoms with Gasteiger partial charge in [-0.1, -0.05) is 11.6 Å². The van der Waals surface area contributed by atoms with E-state index in [-0.39, 0.29) is 0 Å². The Morgan fingerprint density at radius 1 is 1.19 bits per heavy atom. The predicted molar refractivity (Wildman–Crippen MR) is 87.3 cm³/mol. The molecule has 2 heterocycles. The van der Waals surface area contributed by atoms with E-state index < -0.39 is 0 Å². The Morgan fingerprint density at radius 3 is 2.76 bits per heavy atom. The lowest BCUT2D eigenvalue weighted by Gasteiger charge is -2.24. The van der Waals surface area contributed by atoms with Gasteiger partial charge in [-0.15, -0.1) is 11.3 Å². The number of hydrogen-bond donors (Lipinski definition) is 0. The smallest absolute Gasteiger partial charge is 0.185 e. The van der Waals surface area contributed by atoms with E-state index in [9.17, 15) is 5.26 Å². The lowest BCUT2D eigenvalue weighted by Crippen LogP contribution is -2.31. The Labute approximate surface area is 133 Å². The summed E-state index contributed by atoms with van der Waals surface area (Å²) < 4.78 is 0. The summed E-state index contributed by atoms with van der Waals surface area (Å²) in [5, 5.41) is 13.0. The van der Waals surface area contributed by atoms with Crippen LogP contribution >= 0.6 is 22.9 Å². The van der Waals surface area contributed by atoms with Crippen molar-refractivity contribution in [2.45, 2.75) is 6.42 Å². The fourth-order valence-electron chi connectivity index (χ4n) is 2.60. The van der Waals surface area contributed by atoms with Crippen LogP contribution in [0.25, 0.3) is 0 Å². The van der Waals surface area contributed by atoms with Gasteiger partial charge in [-0.05, 0) is 24.6 Å². The topological polar surface area (TPSA) is 43.2 Å². The highest BCUT2D eigenvalue weighted by Crippen LogP contribution is 2.26. The zero-order chi connectivity index (χ0) is 14.7. The van der Waals surface area contributed by atoms with Crippen LogP contribution in [0.5, 0.6) is 0 Å². The third-order valence-corrected chi connectivity index (χ3v) is 4.67. The molecule has 2 aromatic rings. The Hall–Kier alpha value is -1.77. The Bertz CT molecular complexity index is 650. The summed E-state index contributed by atoms with van der Waals surface area (Å²) in [6.45, 7) is 3.74. The van der Waals surface area contributed by atoms with Gasteiger partial charge in [0.05, 0.1) is 11.3 Å². The number of rotatable bonds is 2. The molecule has 0 amide bonds. The van der Waals surface area contributed by atoms with Crippen molar-refractivity contribution in [2.24, 2.45) is 0 Å². The van der Waals surface area contributed by atoms with Crippen LogP contribution in [0.4, 0.5) is 10.8 Å². The van der Waals surface area contributed by atoms with E-state index in [1.54, 1.807) is 17.4 Å². The van der Waals surface area contributed by atoms with Gasteiger partial charge in [-0.25, -0.2) is 4.98 Å². The number of nitrogens with zero attached hydrogens (tertiary/aromatic N) is 4. The maximum absolute atomic E-state index is 9.29. The molecular weight excluding hydrogens is 304 g/mol. The molecule has 1 aliphatic heterocycles. The molecule has 4 nitrogen and oxygen atoms in total. The third kappa shape index (κ3) is 3.12. The molecule has 0 spiro atoms. The summed E-state index contributed by atoms with van der Waals surface area (Å²) in [5.41, 5.74) is 1.62. The summed E-state index contributed by atoms with van der Waals surface area (Å²) in [4.78, 5) is 8.96. The van der Waals surface area contributed by atoms with Crippen molar-refractivity contribution < 1.29 is 0 Å². The van der Waals surface area contributed by atoms with Gasteiger partial charge in [-0.2, -0.15) is 5.26 Å². The zero-order valence-electron chi connectivity index (χ0n) is 11.5. The molecule has 0 atom stereocenters. The number of hydrogen-bond acceptors (Lipinski definition) is 5. The Balaban J connectivity index is 1.78. The summed E-state index contributed by atoms with van der Waals surface area (Å²) in [6.07, 6.45) is 2.89. The second-order valence-corrected chi connectivity index (χ2v) is 6.23. The minimum absolute atomic E-state index is 0.606. The average molecular weight is 319 g/mol. The maximum atomic E-state index is 9.29. The summed E-state index contributed by atoms with van der Waals surface area (Å²) in [7, 11) is 0. The first-order valence-corrected chi connectivity index (χ1v) is 8.13. The van der Waals surface area contributed by atoms with Crippen molar-refractivity contribution in [1.82, 2.24) is 4.98 Å². The minimum atomic E-state index is 0.606. The third-order valence-electron chi connectivity index (χ3n) is 3.61. The maximum Gasteiger partial charge on any atom is 0.185 e. The first-order valence-electron chi connectivity index (χ1n) is 6.87. The molecular formula is C15H15ClN4S. The molecule has 0 aliphatic carbocycles. The molecule has 6 heteroatoms. The molecule has 1 aliphatic rings. The van der Waals surface area contributed by atoms with Crippen LogP contribution in [0.15, 0.2) is 29.8 Å². The van der Waals surface area contributed by atoms with Gasteiger partial charge in [0.1, 0.15) is 6.07 Å². The van der Waals surface area contributed by atoms with Crippen molar-refractivity contribution in [2.75, 3.05) is 36.0 Å². The van der Waals surface area contributed by atoms with E-state index in [0.29, 0.717) is 10.6 Å². The van der Waals surface area contributed by atoms with Gasteiger partial charge in [0.25, 0.3) is 0 Å². The van der Waals surface area contributed by atoms with Crippen molar-refractivity contribution >= 4 is 33.8 Å². The van der Waals surface area contributed by atoms with Crippen LogP contribution in [0.3, 0.4) is 0 Å². The Kier molecular flexibility index (Phi) is 4.28. The van der Waals surface area contributed by atoms with E-state index in [1.807, 2.05) is 23.7 Å². The molecule has 3 rings (SSSR count). The second kappa shape index (κ2) is 6.33. The van der Waals surface area contributed by atoms with Crippen LogP contribution in [0.2, 0.25) is 5.02 Å². The van der Waals surface area contributed by atoms with E-state index in [0.717, 1.165) is 43.4 Å². The van der Waals surface area contributed by atoms with Gasteiger partial charge in [0.2, 0.25) is 0 Å². The lowest BCUT2D eigenvalue weighted by atomic mass is 10.1. The molecule has 1 fully saturated rings. The van der Waals surface area contributed by atoms with Crippen molar-refractivity contribution in [3.05, 3.63) is 40.4 Å². The normalized spacial score (nSPS) is 15.6. The highest BCUT2D eigenvalue weighted by Gasteiger charge is 2.18. The number of halogens is 1. The molecule has 0 bridgehead atoms. The minimum Gasteiger partial charge on any atom is -0.369 e. The lowest BCUT2D eigenvalue weighted by molar-refractivity contribution is 0.804. The monoisotopic (exact) mass is 318 g/mol. The first kappa shape index (κ1) is 14.2. The molecule has 1 aromatic carbocycles. The van der Waals surface area contributed by atoms with Gasteiger partial charge < -0.3 is 9.80 Å². The van der Waals surface area contributed by atoms with Crippen LogP contribution < -0.4 is 9.80 Å². The largest absolute Gasteiger partial charge is 0.369 e. The van der Waals surface area contributed by atoms with Crippen LogP contribution in [0, 0.1) is 11.3 Å². The quantitative estimate of drug-likeness (QED) is 0.851. The number of benzene rings is 1. The van der Waals surface area contributed by atoms with Crippen LogP contribution in [-0.4, -0.2) is 31.2 Å². The van der Waals surface area contributed by atoms with Gasteiger partial charge in [-0.3, -0.25) is 0 Å². The molecule has 0 unspecified atom stereocenters. The van der Waals surface area contributed by atoms with Crippen LogP contribution in [-0.2, 0) is 0 Å². The van der Waals surface area contributed by atoms with E-state index in [1.165, 1.54) is 0 Å². The molecule has 0 N–H and O–H groups in total. The van der Waals surface area contributed by atoms with Crippen molar-refractivity contribution in [1.29, 1.82) is 5.26 Å². The standard InChI is InChI=1S/C15H15ClN4S/c16-13-2-3-14(12(10-13)11-17)19-5-1-6-20(8-7-19)15-18-4-9-21-15/h2-4,9-10H,1,5-8H2. The molecule has 21 heavy (non-hydrogen) atoms. The van der Waals surface area contributed by atoms with Gasteiger partial charge in [0, 0.05) is 42.8 Å². The highest BCUT2D eigenvalue weighted by molar-refractivity contribution is 7.13. The molecule has 0 radical (unpaired) electrons. The molecule has 108 valence electrons. The highest BCUT2D eigenvalue weighted by atomic mass is 35.5. The number of anilines is 2. The van der Waals surface area contributed by atoms with Crippen molar-refractivity contribution in [3.63, 3.8) is 0 Å². The molecule has 0 saturated carbocycles. The summed E-state index contributed by atoms with van der Waals surface area (Å²) in [6, 6.07) is 7.77. The van der Waals surface area contributed by atoms with Gasteiger partial charge in [0.15, 0.2) is 5.13 Å². The summed E-state index contributed by atoms with van der Waals surface area (Å²) >= 11 is 7.64. The van der Waals surface area contributed by atoms with E-state index in [4.69, 9.17) is 11.6 Å². The average Bonchev–Trinajstić information content (AvgIpc) is 2.92. The van der Waals surface area contributed by atoms with E-state index >= 15 is 0 Å². The zero-order valence-corrected chi connectivity index (χ0v) is 13.1. The number of thiazole rings is 1. The van der Waals surface area contributed by atoms with Gasteiger partial charge >= 0.3 is 0 Å². The van der Waals surface area contributed by atoms with Crippen LogP contribution in [0.1, 0.15) is 12.0 Å². The second-order valence-electron chi connectivity index (χ2n) is 4.92. The molecule has 1 saturated heterocycles. The van der Waals surface area contributed by atoms with Crippen molar-refractivity contribution in [3.8, 4) is 6.07 Å². The first-order chi connectivity index (χ1) is 10.3. The van der Waals surface area contributed by atoms with E-state index in [2.05, 4.69) is 20.9 Å². The number of aromatic nitrogens is 1. The fraction of sp³-hybridized carbons (Fsp3) is 0.333. The predicted octanol–water partition coefficient (Wildman–Crippen LogP) is 3.38.